The average molecular weight is 579 g/mol. The van der Waals surface area contributed by atoms with Crippen molar-refractivity contribution in [3.05, 3.63) is 40.8 Å². The molecule has 2 atom stereocenters. The van der Waals surface area contributed by atoms with Gasteiger partial charge in [0.2, 0.25) is 11.9 Å². The van der Waals surface area contributed by atoms with Crippen LogP contribution in [-0.4, -0.2) is 94.3 Å². The molecule has 2 aromatic carbocycles. The molecule has 216 valence electrons. The molecule has 2 aliphatic rings. The summed E-state index contributed by atoms with van der Waals surface area (Å²) in [6.45, 7) is 10.6. The van der Waals surface area contributed by atoms with E-state index in [4.69, 9.17) is 21.6 Å². The van der Waals surface area contributed by atoms with Gasteiger partial charge >= 0.3 is 0 Å². The van der Waals surface area contributed by atoms with Gasteiger partial charge < -0.3 is 19.6 Å². The van der Waals surface area contributed by atoms with E-state index in [0.29, 0.717) is 58.9 Å². The fourth-order valence-corrected chi connectivity index (χ4v) is 6.42. The van der Waals surface area contributed by atoms with Gasteiger partial charge in [-0.1, -0.05) is 24.6 Å². The smallest absolute Gasteiger partial charge is 0.228 e. The van der Waals surface area contributed by atoms with E-state index in [-0.39, 0.29) is 23.5 Å². The fraction of sp³-hybridized carbons (Fsp3) is 0.467. The molecule has 1 N–H and O–H groups in total. The largest absolute Gasteiger partial charge is 0.349 e. The van der Waals surface area contributed by atoms with Gasteiger partial charge in [-0.25, -0.2) is 9.37 Å². The number of hydrogen-bond donors (Lipinski definition) is 1. The van der Waals surface area contributed by atoms with Crippen molar-refractivity contribution in [2.24, 2.45) is 0 Å². The number of H-pyrrole nitrogens is 1. The molecule has 6 rings (SSSR count). The lowest BCUT2D eigenvalue weighted by Gasteiger charge is -2.46. The molecule has 0 aliphatic carbocycles. The van der Waals surface area contributed by atoms with Crippen LogP contribution in [-0.2, 0) is 4.79 Å². The van der Waals surface area contributed by atoms with Gasteiger partial charge in [0, 0.05) is 72.6 Å². The zero-order chi connectivity index (χ0) is 29.2. The zero-order valence-electron chi connectivity index (χ0n) is 24.4. The highest BCUT2D eigenvalue weighted by atomic mass is 35.5. The lowest BCUT2D eigenvalue weighted by molar-refractivity contribution is -0.133. The standard InChI is InChI=1S/C30H36ClFN8O/c1-7-24(41)39-12-18(4)40(13-17(39)3)29-20-10-22(31)26(25-16(2)8-9-23-21(25)11-33-36-23)27(32)28(20)34-30(35-29)38-14-19(15-38)37(5)6/h8-11,17-19H,7,12-15H2,1-6H3,(H,33,36)/t17-,18+/m1/s1. The van der Waals surface area contributed by atoms with Crippen LogP contribution in [0.5, 0.6) is 0 Å². The van der Waals surface area contributed by atoms with Crippen LogP contribution >= 0.6 is 11.6 Å². The fourth-order valence-electron chi connectivity index (χ4n) is 6.13. The van der Waals surface area contributed by atoms with Gasteiger partial charge in [0.1, 0.15) is 11.3 Å². The third-order valence-electron chi connectivity index (χ3n) is 8.69. The van der Waals surface area contributed by atoms with Gasteiger partial charge in [-0.2, -0.15) is 10.1 Å². The number of piperazine rings is 1. The zero-order valence-corrected chi connectivity index (χ0v) is 25.1. The molecule has 11 heteroatoms. The number of fused-ring (bicyclic) bond motifs is 2. The Hall–Kier alpha value is -3.50. The highest BCUT2D eigenvalue weighted by molar-refractivity contribution is 6.35. The van der Waals surface area contributed by atoms with Crippen molar-refractivity contribution >= 4 is 51.1 Å². The van der Waals surface area contributed by atoms with Gasteiger partial charge in [0.15, 0.2) is 5.82 Å². The molecule has 1 amide bonds. The molecule has 0 bridgehead atoms. The Kier molecular flexibility index (Phi) is 7.02. The van der Waals surface area contributed by atoms with Crippen molar-refractivity contribution in [2.75, 3.05) is 50.1 Å². The van der Waals surface area contributed by atoms with Crippen LogP contribution in [0.2, 0.25) is 5.02 Å². The van der Waals surface area contributed by atoms with E-state index in [1.165, 1.54) is 0 Å². The number of halogens is 2. The second-order valence-electron chi connectivity index (χ2n) is 11.7. The summed E-state index contributed by atoms with van der Waals surface area (Å²) in [5, 5.41) is 8.82. The number of rotatable bonds is 5. The summed E-state index contributed by atoms with van der Waals surface area (Å²) in [4.78, 5) is 30.9. The quantitative estimate of drug-likeness (QED) is 0.362. The third kappa shape index (κ3) is 4.57. The Morgan fingerprint density at radius 2 is 1.85 bits per heavy atom. The molecule has 0 unspecified atom stereocenters. The van der Waals surface area contributed by atoms with Crippen molar-refractivity contribution in [3.8, 4) is 11.1 Å². The first kappa shape index (κ1) is 27.7. The van der Waals surface area contributed by atoms with E-state index in [9.17, 15) is 4.79 Å². The number of likely N-dealkylation sites (N-methyl/N-ethyl adjacent to an activating group) is 1. The lowest BCUT2D eigenvalue weighted by Crippen LogP contribution is -2.59. The topological polar surface area (TPSA) is 84.5 Å². The summed E-state index contributed by atoms with van der Waals surface area (Å²) < 4.78 is 16.8. The summed E-state index contributed by atoms with van der Waals surface area (Å²) in [5.41, 5.74) is 2.96. The summed E-state index contributed by atoms with van der Waals surface area (Å²) in [7, 11) is 4.11. The monoisotopic (exact) mass is 578 g/mol. The molecule has 4 heterocycles. The number of anilines is 2. The molecule has 0 radical (unpaired) electrons. The number of nitrogens with zero attached hydrogens (tertiary/aromatic N) is 7. The van der Waals surface area contributed by atoms with Crippen LogP contribution < -0.4 is 9.80 Å². The normalized spacial score (nSPS) is 20.0. The van der Waals surface area contributed by atoms with E-state index in [2.05, 4.69) is 45.9 Å². The van der Waals surface area contributed by atoms with Crippen molar-refractivity contribution in [3.63, 3.8) is 0 Å². The van der Waals surface area contributed by atoms with Crippen molar-refractivity contribution in [1.82, 2.24) is 30.0 Å². The van der Waals surface area contributed by atoms with Crippen LogP contribution in [0.3, 0.4) is 0 Å². The van der Waals surface area contributed by atoms with E-state index in [1.54, 1.807) is 12.3 Å². The minimum Gasteiger partial charge on any atom is -0.349 e. The van der Waals surface area contributed by atoms with Gasteiger partial charge in [0.25, 0.3) is 0 Å². The highest BCUT2D eigenvalue weighted by Gasteiger charge is 2.36. The molecule has 4 aromatic rings. The molecule has 41 heavy (non-hydrogen) atoms. The van der Waals surface area contributed by atoms with E-state index in [1.807, 2.05) is 37.8 Å². The number of carbonyl (C=O) groups excluding carboxylic acids is 1. The Balaban J connectivity index is 1.53. The van der Waals surface area contributed by atoms with Crippen LogP contribution in [0.1, 0.15) is 32.8 Å². The van der Waals surface area contributed by atoms with Crippen molar-refractivity contribution in [2.45, 2.75) is 52.2 Å². The maximum absolute atomic E-state index is 16.8. The number of amides is 1. The van der Waals surface area contributed by atoms with Crippen LogP contribution in [0, 0.1) is 12.7 Å². The molecule has 2 aliphatic heterocycles. The number of aromatic amines is 1. The van der Waals surface area contributed by atoms with E-state index in [0.717, 1.165) is 29.6 Å². The Labute approximate surface area is 244 Å². The number of nitrogens with one attached hydrogen (secondary N) is 1. The Bertz CT molecular complexity index is 1650. The molecule has 9 nitrogen and oxygen atoms in total. The van der Waals surface area contributed by atoms with Gasteiger partial charge in [-0.05, 0) is 52.6 Å². The van der Waals surface area contributed by atoms with Gasteiger partial charge in [-0.3, -0.25) is 9.89 Å². The predicted octanol–water partition coefficient (Wildman–Crippen LogP) is 4.86. The highest BCUT2D eigenvalue weighted by Crippen LogP contribution is 2.43. The molecular formula is C30H36ClFN8O. The Morgan fingerprint density at radius 1 is 1.10 bits per heavy atom. The molecule has 2 fully saturated rings. The van der Waals surface area contributed by atoms with E-state index < -0.39 is 5.82 Å². The predicted molar refractivity (Wildman–Crippen MR) is 162 cm³/mol. The number of aryl methyl sites for hydroxylation is 1. The molecule has 0 spiro atoms. The minimum absolute atomic E-state index is 0.0184. The SMILES string of the molecule is CCC(=O)N1C[C@H](C)N(c2nc(N3CC(N(C)C)C3)nc3c(F)c(-c4c(C)ccc5[nH]ncc45)c(Cl)cc23)C[C@H]1C. The molecule has 0 saturated carbocycles. The molecule has 2 saturated heterocycles. The number of benzene rings is 2. The first-order valence-electron chi connectivity index (χ1n) is 14.2. The van der Waals surface area contributed by atoms with Crippen LogP contribution in [0.15, 0.2) is 24.4 Å². The Morgan fingerprint density at radius 3 is 2.56 bits per heavy atom. The van der Waals surface area contributed by atoms with Crippen molar-refractivity contribution in [1.29, 1.82) is 0 Å². The first-order chi connectivity index (χ1) is 19.6. The summed E-state index contributed by atoms with van der Waals surface area (Å²) in [6.07, 6.45) is 2.17. The summed E-state index contributed by atoms with van der Waals surface area (Å²) in [6, 6.07) is 6.01. The van der Waals surface area contributed by atoms with E-state index >= 15 is 4.39 Å². The molecular weight excluding hydrogens is 543 g/mol. The van der Waals surface area contributed by atoms with Crippen LogP contribution in [0.4, 0.5) is 16.2 Å². The lowest BCUT2D eigenvalue weighted by atomic mass is 9.95. The second kappa shape index (κ2) is 10.4. The average Bonchev–Trinajstić information content (AvgIpc) is 3.38. The maximum atomic E-state index is 16.8. The maximum Gasteiger partial charge on any atom is 0.228 e. The number of hydrogen-bond acceptors (Lipinski definition) is 7. The van der Waals surface area contributed by atoms with Gasteiger partial charge in [-0.15, -0.1) is 0 Å². The summed E-state index contributed by atoms with van der Waals surface area (Å²) >= 11 is 6.92. The van der Waals surface area contributed by atoms with Crippen molar-refractivity contribution < 1.29 is 9.18 Å². The second-order valence-corrected chi connectivity index (χ2v) is 12.1. The first-order valence-corrected chi connectivity index (χ1v) is 14.6. The third-order valence-corrected chi connectivity index (χ3v) is 8.99. The number of aromatic nitrogens is 4. The molecule has 2 aromatic heterocycles. The minimum atomic E-state index is -0.473. The number of carbonyl (C=O) groups is 1. The van der Waals surface area contributed by atoms with Gasteiger partial charge in [0.05, 0.1) is 16.7 Å². The summed E-state index contributed by atoms with van der Waals surface area (Å²) in [5.74, 6) is 0.809. The van der Waals surface area contributed by atoms with Crippen LogP contribution in [0.25, 0.3) is 32.9 Å².